The minimum atomic E-state index is -0.465. The quantitative estimate of drug-likeness (QED) is 0.788. The molecule has 0 fully saturated rings. The van der Waals surface area contributed by atoms with Gasteiger partial charge >= 0.3 is 5.69 Å². The molecule has 7 nitrogen and oxygen atoms in total. The summed E-state index contributed by atoms with van der Waals surface area (Å²) in [6.07, 6.45) is 0.795. The summed E-state index contributed by atoms with van der Waals surface area (Å²) < 4.78 is 1.51. The highest BCUT2D eigenvalue weighted by Crippen LogP contribution is 2.22. The number of aromatic nitrogens is 3. The van der Waals surface area contributed by atoms with Crippen LogP contribution in [0.4, 0.5) is 5.69 Å². The number of carbonyl (C=O) groups is 1. The maximum Gasteiger partial charge on any atom is 0.343 e. The van der Waals surface area contributed by atoms with Crippen LogP contribution in [0.1, 0.15) is 25.8 Å². The van der Waals surface area contributed by atoms with Crippen molar-refractivity contribution in [2.24, 2.45) is 0 Å². The number of aromatic amines is 1. The second kappa shape index (κ2) is 7.65. The highest BCUT2D eigenvalue weighted by atomic mass is 32.2. The van der Waals surface area contributed by atoms with E-state index in [1.54, 1.807) is 31.2 Å². The average molecular weight is 331 g/mol. The number of nitriles is 1. The average Bonchev–Trinajstić information content (AvgIpc) is 2.89. The van der Waals surface area contributed by atoms with Gasteiger partial charge in [-0.25, -0.2) is 9.89 Å². The number of benzene rings is 1. The Balaban J connectivity index is 2.09. The van der Waals surface area contributed by atoms with Crippen molar-refractivity contribution in [2.45, 2.75) is 37.2 Å². The number of hydrogen-bond acceptors (Lipinski definition) is 5. The van der Waals surface area contributed by atoms with E-state index >= 15 is 0 Å². The number of H-pyrrole nitrogens is 1. The normalized spacial score (nSPS) is 11.7. The van der Waals surface area contributed by atoms with Crippen LogP contribution in [0.2, 0.25) is 0 Å². The van der Waals surface area contributed by atoms with E-state index in [1.807, 2.05) is 13.0 Å². The first-order chi connectivity index (χ1) is 11.1. The van der Waals surface area contributed by atoms with Crippen LogP contribution in [0, 0.1) is 11.3 Å². The van der Waals surface area contributed by atoms with Crippen molar-refractivity contribution in [1.82, 2.24) is 14.8 Å². The minimum absolute atomic E-state index is 0.254. The first-order valence-corrected chi connectivity index (χ1v) is 8.06. The zero-order chi connectivity index (χ0) is 16.8. The monoisotopic (exact) mass is 331 g/mol. The zero-order valence-electron chi connectivity index (χ0n) is 12.9. The van der Waals surface area contributed by atoms with Gasteiger partial charge in [0.15, 0.2) is 5.16 Å². The number of anilines is 1. The number of carbonyl (C=O) groups excluding carboxylic acids is 1. The molecule has 0 aliphatic carbocycles. The number of hydrogen-bond donors (Lipinski definition) is 2. The third-order valence-corrected chi connectivity index (χ3v) is 4.22. The predicted molar refractivity (Wildman–Crippen MR) is 88.2 cm³/mol. The molecule has 8 heteroatoms. The van der Waals surface area contributed by atoms with E-state index in [0.29, 0.717) is 23.0 Å². The van der Waals surface area contributed by atoms with Gasteiger partial charge < -0.3 is 5.32 Å². The van der Waals surface area contributed by atoms with Crippen molar-refractivity contribution < 1.29 is 4.79 Å². The van der Waals surface area contributed by atoms with Crippen molar-refractivity contribution in [1.29, 1.82) is 5.26 Å². The summed E-state index contributed by atoms with van der Waals surface area (Å²) in [6, 6.07) is 8.84. The van der Waals surface area contributed by atoms with Gasteiger partial charge in [0.25, 0.3) is 0 Å². The molecule has 2 aromatic rings. The lowest BCUT2D eigenvalue weighted by atomic mass is 10.2. The number of rotatable bonds is 6. The van der Waals surface area contributed by atoms with Crippen molar-refractivity contribution in [2.75, 3.05) is 5.32 Å². The molecule has 2 N–H and O–H groups in total. The fourth-order valence-electron chi connectivity index (χ4n) is 1.95. The van der Waals surface area contributed by atoms with Crippen molar-refractivity contribution in [3.8, 4) is 6.07 Å². The lowest BCUT2D eigenvalue weighted by Gasteiger charge is -2.12. The van der Waals surface area contributed by atoms with Gasteiger partial charge in [-0.1, -0.05) is 30.8 Å². The number of amides is 1. The Hall–Kier alpha value is -2.53. The molecular formula is C15H17N5O2S. The van der Waals surface area contributed by atoms with Crippen molar-refractivity contribution >= 4 is 23.4 Å². The molecule has 0 unspecified atom stereocenters. The Morgan fingerprint density at radius 1 is 1.52 bits per heavy atom. The SMILES string of the molecule is CCCn1c(S[C@@H](C)C(=O)Nc2ccccc2C#N)n[nH]c1=O. The van der Waals surface area contributed by atoms with Crippen LogP contribution in [-0.2, 0) is 11.3 Å². The molecule has 0 bridgehead atoms. The van der Waals surface area contributed by atoms with Crippen LogP contribution in [0.3, 0.4) is 0 Å². The first kappa shape index (κ1) is 16.8. The highest BCUT2D eigenvalue weighted by Gasteiger charge is 2.19. The second-order valence-electron chi connectivity index (χ2n) is 4.87. The van der Waals surface area contributed by atoms with E-state index in [-0.39, 0.29) is 11.6 Å². The summed E-state index contributed by atoms with van der Waals surface area (Å²) in [5.74, 6) is -0.254. The van der Waals surface area contributed by atoms with Gasteiger partial charge in [0, 0.05) is 6.54 Å². The van der Waals surface area contributed by atoms with Gasteiger partial charge in [0.2, 0.25) is 5.91 Å². The molecule has 0 spiro atoms. The molecule has 1 atom stereocenters. The Morgan fingerprint density at radius 3 is 2.96 bits per heavy atom. The Kier molecular flexibility index (Phi) is 5.60. The molecule has 0 radical (unpaired) electrons. The Labute approximate surface area is 137 Å². The van der Waals surface area contributed by atoms with Gasteiger partial charge in [-0.2, -0.15) is 5.26 Å². The van der Waals surface area contributed by atoms with E-state index in [4.69, 9.17) is 5.26 Å². The summed E-state index contributed by atoms with van der Waals surface area (Å²) in [4.78, 5) is 23.9. The summed E-state index contributed by atoms with van der Waals surface area (Å²) in [5.41, 5.74) is 0.595. The summed E-state index contributed by atoms with van der Waals surface area (Å²) >= 11 is 1.20. The van der Waals surface area contributed by atoms with E-state index < -0.39 is 5.25 Å². The fourth-order valence-corrected chi connectivity index (χ4v) is 2.83. The highest BCUT2D eigenvalue weighted by molar-refractivity contribution is 8.00. The van der Waals surface area contributed by atoms with Gasteiger partial charge in [-0.05, 0) is 25.5 Å². The van der Waals surface area contributed by atoms with Crippen LogP contribution >= 0.6 is 11.8 Å². The standard InChI is InChI=1S/C15H17N5O2S/c1-3-8-20-14(22)18-19-15(20)23-10(2)13(21)17-12-7-5-4-6-11(12)9-16/h4-7,10H,3,8H2,1-2H3,(H,17,21)(H,18,22)/t10-/m0/s1. The van der Waals surface area contributed by atoms with Crippen LogP contribution in [0.5, 0.6) is 0 Å². The predicted octanol–water partition coefficient (Wildman–Crippen LogP) is 1.97. The lowest BCUT2D eigenvalue weighted by Crippen LogP contribution is -2.24. The molecule has 1 aromatic heterocycles. The Bertz CT molecular complexity index is 790. The number of nitrogens with zero attached hydrogens (tertiary/aromatic N) is 3. The molecule has 120 valence electrons. The Morgan fingerprint density at radius 2 is 2.26 bits per heavy atom. The topological polar surface area (TPSA) is 104 Å². The lowest BCUT2D eigenvalue weighted by molar-refractivity contribution is -0.115. The van der Waals surface area contributed by atoms with Crippen LogP contribution in [0.15, 0.2) is 34.2 Å². The summed E-state index contributed by atoms with van der Waals surface area (Å²) in [6.45, 7) is 4.23. The molecule has 23 heavy (non-hydrogen) atoms. The molecule has 1 heterocycles. The van der Waals surface area contributed by atoms with Crippen molar-refractivity contribution in [3.63, 3.8) is 0 Å². The molecule has 1 aromatic carbocycles. The molecule has 0 saturated carbocycles. The smallest absolute Gasteiger partial charge is 0.324 e. The molecule has 0 aliphatic heterocycles. The molecule has 1 amide bonds. The number of para-hydroxylation sites is 1. The minimum Gasteiger partial charge on any atom is -0.324 e. The third kappa shape index (κ3) is 4.02. The largest absolute Gasteiger partial charge is 0.343 e. The fraction of sp³-hybridized carbons (Fsp3) is 0.333. The van der Waals surface area contributed by atoms with Gasteiger partial charge in [-0.15, -0.1) is 5.10 Å². The van der Waals surface area contributed by atoms with Crippen LogP contribution in [0.25, 0.3) is 0 Å². The van der Waals surface area contributed by atoms with Gasteiger partial charge in [0.05, 0.1) is 16.5 Å². The summed E-state index contributed by atoms with van der Waals surface area (Å²) in [7, 11) is 0. The van der Waals surface area contributed by atoms with E-state index in [9.17, 15) is 9.59 Å². The van der Waals surface area contributed by atoms with E-state index in [0.717, 1.165) is 6.42 Å². The first-order valence-electron chi connectivity index (χ1n) is 7.18. The maximum absolute atomic E-state index is 12.3. The van der Waals surface area contributed by atoms with Crippen LogP contribution < -0.4 is 11.0 Å². The van der Waals surface area contributed by atoms with Gasteiger partial charge in [-0.3, -0.25) is 9.36 Å². The summed E-state index contributed by atoms with van der Waals surface area (Å²) in [5, 5.41) is 18.1. The van der Waals surface area contributed by atoms with Crippen LogP contribution in [-0.4, -0.2) is 25.9 Å². The number of nitrogens with one attached hydrogen (secondary N) is 2. The maximum atomic E-state index is 12.3. The molecule has 0 saturated heterocycles. The second-order valence-corrected chi connectivity index (χ2v) is 6.18. The number of thioether (sulfide) groups is 1. The van der Waals surface area contributed by atoms with Crippen molar-refractivity contribution in [3.05, 3.63) is 40.3 Å². The van der Waals surface area contributed by atoms with E-state index in [2.05, 4.69) is 15.5 Å². The third-order valence-electron chi connectivity index (χ3n) is 3.13. The molecular weight excluding hydrogens is 314 g/mol. The molecule has 0 aliphatic rings. The van der Waals surface area contributed by atoms with E-state index in [1.165, 1.54) is 16.3 Å². The van der Waals surface area contributed by atoms with Gasteiger partial charge in [0.1, 0.15) is 6.07 Å². The molecule has 2 rings (SSSR count). The zero-order valence-corrected chi connectivity index (χ0v) is 13.7.